The Kier molecular flexibility index (Phi) is 7.48. The first-order valence-corrected chi connectivity index (χ1v) is 5.60. The minimum absolute atomic E-state index is 0.217. The lowest BCUT2D eigenvalue weighted by Gasteiger charge is -2.23. The Morgan fingerprint density at radius 2 is 2.00 bits per heavy atom. The maximum Gasteiger partial charge on any atom is 0.236 e. The fourth-order valence-corrected chi connectivity index (χ4v) is 1.33. The van der Waals surface area contributed by atoms with E-state index in [1.165, 1.54) is 0 Å². The molecule has 0 saturated carbocycles. The smallest absolute Gasteiger partial charge is 0.236 e. The lowest BCUT2D eigenvalue weighted by Crippen LogP contribution is -2.40. The highest BCUT2D eigenvalue weighted by atomic mass is 16.2. The molecule has 0 aromatic carbocycles. The molecule has 0 aliphatic rings. The van der Waals surface area contributed by atoms with E-state index in [-0.39, 0.29) is 5.91 Å². The summed E-state index contributed by atoms with van der Waals surface area (Å²) in [5.41, 5.74) is 0. The molecule has 0 aromatic heterocycles. The molecule has 0 aliphatic carbocycles. The van der Waals surface area contributed by atoms with Crippen LogP contribution in [0.2, 0.25) is 0 Å². The SMILES string of the molecule is CCCNCC(=O)N(CC)CC(C)C. The van der Waals surface area contributed by atoms with Gasteiger partial charge >= 0.3 is 0 Å². The van der Waals surface area contributed by atoms with Crippen molar-refractivity contribution in [1.82, 2.24) is 10.2 Å². The van der Waals surface area contributed by atoms with Gasteiger partial charge in [-0.2, -0.15) is 0 Å². The molecule has 14 heavy (non-hydrogen) atoms. The first-order valence-electron chi connectivity index (χ1n) is 5.60. The predicted molar refractivity (Wildman–Crippen MR) is 60.3 cm³/mol. The number of nitrogens with zero attached hydrogens (tertiary/aromatic N) is 1. The number of nitrogens with one attached hydrogen (secondary N) is 1. The average Bonchev–Trinajstić information content (AvgIpc) is 2.14. The zero-order valence-corrected chi connectivity index (χ0v) is 9.97. The average molecular weight is 200 g/mol. The van der Waals surface area contributed by atoms with Gasteiger partial charge in [-0.1, -0.05) is 20.8 Å². The van der Waals surface area contributed by atoms with Crippen LogP contribution in [-0.2, 0) is 4.79 Å². The number of amides is 1. The summed E-state index contributed by atoms with van der Waals surface area (Å²) in [6, 6.07) is 0. The minimum Gasteiger partial charge on any atom is -0.342 e. The van der Waals surface area contributed by atoms with Crippen molar-refractivity contribution in [2.75, 3.05) is 26.2 Å². The van der Waals surface area contributed by atoms with E-state index < -0.39 is 0 Å². The fraction of sp³-hybridized carbons (Fsp3) is 0.909. The van der Waals surface area contributed by atoms with Crippen molar-refractivity contribution in [3.05, 3.63) is 0 Å². The van der Waals surface area contributed by atoms with Crippen LogP contribution in [0, 0.1) is 5.92 Å². The molecule has 1 amide bonds. The van der Waals surface area contributed by atoms with Crippen LogP contribution in [0.1, 0.15) is 34.1 Å². The topological polar surface area (TPSA) is 32.3 Å². The van der Waals surface area contributed by atoms with Crippen molar-refractivity contribution in [2.45, 2.75) is 34.1 Å². The lowest BCUT2D eigenvalue weighted by molar-refractivity contribution is -0.130. The van der Waals surface area contributed by atoms with Gasteiger partial charge in [0.25, 0.3) is 0 Å². The number of rotatable bonds is 7. The first-order chi connectivity index (χ1) is 6.61. The van der Waals surface area contributed by atoms with E-state index in [4.69, 9.17) is 0 Å². The molecule has 1 N–H and O–H groups in total. The van der Waals surface area contributed by atoms with Crippen LogP contribution in [0.15, 0.2) is 0 Å². The van der Waals surface area contributed by atoms with Gasteiger partial charge in [0, 0.05) is 13.1 Å². The van der Waals surface area contributed by atoms with Crippen LogP contribution in [0.5, 0.6) is 0 Å². The summed E-state index contributed by atoms with van der Waals surface area (Å²) in [6.07, 6.45) is 1.07. The van der Waals surface area contributed by atoms with Crippen LogP contribution < -0.4 is 5.32 Å². The highest BCUT2D eigenvalue weighted by Gasteiger charge is 2.11. The van der Waals surface area contributed by atoms with E-state index in [2.05, 4.69) is 26.1 Å². The van der Waals surface area contributed by atoms with Crippen molar-refractivity contribution in [2.24, 2.45) is 5.92 Å². The summed E-state index contributed by atoms with van der Waals surface area (Å²) in [4.78, 5) is 13.6. The van der Waals surface area contributed by atoms with Crippen molar-refractivity contribution in [3.8, 4) is 0 Å². The molecule has 0 heterocycles. The molecule has 0 rings (SSSR count). The summed E-state index contributed by atoms with van der Waals surface area (Å²) >= 11 is 0. The maximum atomic E-state index is 11.6. The van der Waals surface area contributed by atoms with E-state index in [1.54, 1.807) is 0 Å². The summed E-state index contributed by atoms with van der Waals surface area (Å²) in [5, 5.41) is 3.13. The third-order valence-electron chi connectivity index (χ3n) is 2.02. The Morgan fingerprint density at radius 3 is 2.43 bits per heavy atom. The summed E-state index contributed by atoms with van der Waals surface area (Å²) < 4.78 is 0. The van der Waals surface area contributed by atoms with E-state index in [1.807, 2.05) is 11.8 Å². The molecule has 0 aromatic rings. The highest BCUT2D eigenvalue weighted by Crippen LogP contribution is 1.98. The molecule has 3 heteroatoms. The van der Waals surface area contributed by atoms with E-state index in [9.17, 15) is 4.79 Å². The van der Waals surface area contributed by atoms with Gasteiger partial charge in [0.15, 0.2) is 0 Å². The molecule has 0 fully saturated rings. The Labute approximate surface area is 87.9 Å². The quantitative estimate of drug-likeness (QED) is 0.632. The van der Waals surface area contributed by atoms with Crippen molar-refractivity contribution in [3.63, 3.8) is 0 Å². The molecule has 0 radical (unpaired) electrons. The van der Waals surface area contributed by atoms with Crippen LogP contribution in [0.3, 0.4) is 0 Å². The molecule has 3 nitrogen and oxygen atoms in total. The van der Waals surface area contributed by atoms with Crippen molar-refractivity contribution >= 4 is 5.91 Å². The third kappa shape index (κ3) is 5.97. The minimum atomic E-state index is 0.217. The fourth-order valence-electron chi connectivity index (χ4n) is 1.33. The van der Waals surface area contributed by atoms with Crippen molar-refractivity contribution < 1.29 is 4.79 Å². The Balaban J connectivity index is 3.79. The molecule has 0 atom stereocenters. The second-order valence-electron chi connectivity index (χ2n) is 4.00. The summed E-state index contributed by atoms with van der Waals surface area (Å²) in [5.74, 6) is 0.764. The van der Waals surface area contributed by atoms with E-state index in [0.717, 1.165) is 26.1 Å². The predicted octanol–water partition coefficient (Wildman–Crippen LogP) is 1.49. The van der Waals surface area contributed by atoms with E-state index >= 15 is 0 Å². The molecule has 0 saturated heterocycles. The van der Waals surface area contributed by atoms with Crippen molar-refractivity contribution in [1.29, 1.82) is 0 Å². The number of carbonyl (C=O) groups is 1. The van der Waals surface area contributed by atoms with Gasteiger partial charge < -0.3 is 10.2 Å². The van der Waals surface area contributed by atoms with Gasteiger partial charge in [-0.25, -0.2) is 0 Å². The zero-order valence-electron chi connectivity index (χ0n) is 9.97. The molecule has 84 valence electrons. The lowest BCUT2D eigenvalue weighted by atomic mass is 10.2. The number of hydrogen-bond acceptors (Lipinski definition) is 2. The third-order valence-corrected chi connectivity index (χ3v) is 2.02. The highest BCUT2D eigenvalue weighted by molar-refractivity contribution is 5.78. The van der Waals surface area contributed by atoms with E-state index in [0.29, 0.717) is 12.5 Å². The second-order valence-corrected chi connectivity index (χ2v) is 4.00. The van der Waals surface area contributed by atoms with Crippen LogP contribution in [0.25, 0.3) is 0 Å². The number of likely N-dealkylation sites (N-methyl/N-ethyl adjacent to an activating group) is 1. The molecular weight excluding hydrogens is 176 g/mol. The Bertz CT molecular complexity index is 157. The summed E-state index contributed by atoms with van der Waals surface area (Å²) in [6.45, 7) is 11.5. The largest absolute Gasteiger partial charge is 0.342 e. The zero-order chi connectivity index (χ0) is 11.0. The summed E-state index contributed by atoms with van der Waals surface area (Å²) in [7, 11) is 0. The van der Waals surface area contributed by atoms with Gasteiger partial charge in [0.2, 0.25) is 5.91 Å². The number of carbonyl (C=O) groups excluding carboxylic acids is 1. The van der Waals surface area contributed by atoms with Crippen LogP contribution in [-0.4, -0.2) is 37.0 Å². The number of hydrogen-bond donors (Lipinski definition) is 1. The van der Waals surface area contributed by atoms with Crippen LogP contribution >= 0.6 is 0 Å². The van der Waals surface area contributed by atoms with Gasteiger partial charge in [-0.15, -0.1) is 0 Å². The molecule has 0 bridgehead atoms. The maximum absolute atomic E-state index is 11.6. The van der Waals surface area contributed by atoms with Crippen LogP contribution in [0.4, 0.5) is 0 Å². The van der Waals surface area contributed by atoms with Gasteiger partial charge in [-0.05, 0) is 25.8 Å². The standard InChI is InChI=1S/C11H24N2O/c1-5-7-12-8-11(14)13(6-2)9-10(3)4/h10,12H,5-9H2,1-4H3. The van der Waals surface area contributed by atoms with Gasteiger partial charge in [0.1, 0.15) is 0 Å². The molecular formula is C11H24N2O. The monoisotopic (exact) mass is 200 g/mol. The first kappa shape index (κ1) is 13.4. The molecule has 0 aliphatic heterocycles. The second kappa shape index (κ2) is 7.80. The Morgan fingerprint density at radius 1 is 1.36 bits per heavy atom. The normalized spacial score (nSPS) is 10.6. The van der Waals surface area contributed by atoms with Gasteiger partial charge in [-0.3, -0.25) is 4.79 Å². The molecule has 0 spiro atoms. The molecule has 0 unspecified atom stereocenters. The Hall–Kier alpha value is -0.570. The van der Waals surface area contributed by atoms with Gasteiger partial charge in [0.05, 0.1) is 6.54 Å².